The summed E-state index contributed by atoms with van der Waals surface area (Å²) in [5, 5.41) is 11.7. The summed E-state index contributed by atoms with van der Waals surface area (Å²) in [4.78, 5) is 15.3. The van der Waals surface area contributed by atoms with Crippen molar-refractivity contribution in [1.82, 2.24) is 15.1 Å². The van der Waals surface area contributed by atoms with Crippen LogP contribution in [-0.4, -0.2) is 48.1 Å². The van der Waals surface area contributed by atoms with E-state index in [4.69, 9.17) is 5.26 Å². The van der Waals surface area contributed by atoms with Crippen LogP contribution < -0.4 is 5.32 Å². The highest BCUT2D eigenvalue weighted by Gasteiger charge is 2.25. The van der Waals surface area contributed by atoms with Crippen molar-refractivity contribution in [2.75, 3.05) is 26.2 Å². The van der Waals surface area contributed by atoms with Gasteiger partial charge in [0.2, 0.25) is 0 Å². The molecule has 5 heteroatoms. The number of likely N-dealkylation sites (tertiary alicyclic amines) is 2. The van der Waals surface area contributed by atoms with Gasteiger partial charge in [-0.2, -0.15) is 5.26 Å². The zero-order chi connectivity index (χ0) is 10.7. The Bertz CT molecular complexity index is 280. The van der Waals surface area contributed by atoms with Gasteiger partial charge in [0.15, 0.2) is 6.19 Å². The quantitative estimate of drug-likeness (QED) is 0.632. The van der Waals surface area contributed by atoms with Gasteiger partial charge >= 0.3 is 6.03 Å². The van der Waals surface area contributed by atoms with Crippen molar-refractivity contribution in [1.29, 1.82) is 5.26 Å². The molecule has 2 rings (SSSR count). The molecule has 1 N–H and O–H groups in total. The maximum Gasteiger partial charge on any atom is 0.317 e. The summed E-state index contributed by atoms with van der Waals surface area (Å²) in [6.45, 7) is 3.18. The molecular formula is C10H16N4O. The highest BCUT2D eigenvalue weighted by Crippen LogP contribution is 2.11. The number of nitrogens with zero attached hydrogens (tertiary/aromatic N) is 3. The van der Waals surface area contributed by atoms with E-state index in [2.05, 4.69) is 11.5 Å². The molecule has 0 bridgehead atoms. The predicted octanol–water partition coefficient (Wildman–Crippen LogP) is 0.347. The number of nitrogens with one attached hydrogen (secondary N) is 1. The van der Waals surface area contributed by atoms with Crippen molar-refractivity contribution in [3.05, 3.63) is 0 Å². The van der Waals surface area contributed by atoms with E-state index in [1.54, 1.807) is 4.90 Å². The predicted molar refractivity (Wildman–Crippen MR) is 54.9 cm³/mol. The van der Waals surface area contributed by atoms with E-state index in [0.717, 1.165) is 38.9 Å². The van der Waals surface area contributed by atoms with Gasteiger partial charge in [-0.15, -0.1) is 0 Å². The first kappa shape index (κ1) is 10.1. The number of urea groups is 1. The van der Waals surface area contributed by atoms with Crippen molar-refractivity contribution >= 4 is 6.03 Å². The maximum absolute atomic E-state index is 11.7. The van der Waals surface area contributed by atoms with Crippen LogP contribution >= 0.6 is 0 Å². The van der Waals surface area contributed by atoms with Gasteiger partial charge in [0.25, 0.3) is 0 Å². The number of rotatable bonds is 1. The van der Waals surface area contributed by atoms with E-state index in [-0.39, 0.29) is 12.1 Å². The SMILES string of the molecule is N#CN1CCC(NC(=O)N2CCCC2)C1. The third kappa shape index (κ3) is 2.32. The summed E-state index contributed by atoms with van der Waals surface area (Å²) in [6.07, 6.45) is 5.21. The molecular weight excluding hydrogens is 192 g/mol. The van der Waals surface area contributed by atoms with Gasteiger partial charge in [0.1, 0.15) is 0 Å². The molecule has 5 nitrogen and oxygen atoms in total. The van der Waals surface area contributed by atoms with Crippen LogP contribution in [0.1, 0.15) is 19.3 Å². The van der Waals surface area contributed by atoms with Crippen LogP contribution in [0.4, 0.5) is 4.79 Å². The molecule has 2 aliphatic heterocycles. The second-order valence-corrected chi connectivity index (χ2v) is 4.18. The highest BCUT2D eigenvalue weighted by molar-refractivity contribution is 5.74. The smallest absolute Gasteiger partial charge is 0.317 e. The van der Waals surface area contributed by atoms with Crippen LogP contribution in [0.15, 0.2) is 0 Å². The summed E-state index contributed by atoms with van der Waals surface area (Å²) < 4.78 is 0. The second kappa shape index (κ2) is 4.39. The Balaban J connectivity index is 1.77. The number of nitriles is 1. The average Bonchev–Trinajstić information content (AvgIpc) is 2.87. The lowest BCUT2D eigenvalue weighted by atomic mass is 10.3. The van der Waals surface area contributed by atoms with Crippen molar-refractivity contribution in [2.45, 2.75) is 25.3 Å². The fourth-order valence-electron chi connectivity index (χ4n) is 2.16. The van der Waals surface area contributed by atoms with Crippen LogP contribution in [0.5, 0.6) is 0 Å². The molecule has 0 spiro atoms. The first-order chi connectivity index (χ1) is 7.29. The molecule has 2 heterocycles. The molecule has 0 aromatic rings. The zero-order valence-corrected chi connectivity index (χ0v) is 8.78. The fourth-order valence-corrected chi connectivity index (χ4v) is 2.16. The van der Waals surface area contributed by atoms with E-state index < -0.39 is 0 Å². The molecule has 15 heavy (non-hydrogen) atoms. The molecule has 0 aromatic heterocycles. The Morgan fingerprint density at radius 2 is 2.07 bits per heavy atom. The molecule has 0 radical (unpaired) electrons. The summed E-state index contributed by atoms with van der Waals surface area (Å²) in [5.74, 6) is 0. The average molecular weight is 208 g/mol. The van der Waals surface area contributed by atoms with Gasteiger partial charge in [0.05, 0.1) is 6.04 Å². The normalized spacial score (nSPS) is 25.4. The van der Waals surface area contributed by atoms with Crippen molar-refractivity contribution < 1.29 is 4.79 Å². The summed E-state index contributed by atoms with van der Waals surface area (Å²) in [6, 6.07) is 0.190. The molecule has 1 unspecified atom stereocenters. The Kier molecular flexibility index (Phi) is 2.95. The summed E-state index contributed by atoms with van der Waals surface area (Å²) >= 11 is 0. The second-order valence-electron chi connectivity index (χ2n) is 4.18. The Labute approximate surface area is 89.6 Å². The number of amides is 2. The van der Waals surface area contributed by atoms with Gasteiger partial charge < -0.3 is 15.1 Å². The molecule has 2 fully saturated rings. The van der Waals surface area contributed by atoms with Crippen molar-refractivity contribution in [3.8, 4) is 6.19 Å². The van der Waals surface area contributed by atoms with Crippen LogP contribution in [0.25, 0.3) is 0 Å². The minimum atomic E-state index is 0.0392. The Morgan fingerprint density at radius 1 is 1.33 bits per heavy atom. The summed E-state index contributed by atoms with van der Waals surface area (Å²) in [5.41, 5.74) is 0. The van der Waals surface area contributed by atoms with Gasteiger partial charge in [-0.25, -0.2) is 4.79 Å². The number of hydrogen-bond donors (Lipinski definition) is 1. The molecule has 0 aliphatic carbocycles. The van der Waals surface area contributed by atoms with E-state index in [9.17, 15) is 4.79 Å². The first-order valence-electron chi connectivity index (χ1n) is 5.50. The van der Waals surface area contributed by atoms with Crippen LogP contribution in [-0.2, 0) is 0 Å². The summed E-state index contributed by atoms with van der Waals surface area (Å²) in [7, 11) is 0. The van der Waals surface area contributed by atoms with Crippen molar-refractivity contribution in [2.24, 2.45) is 0 Å². The lowest BCUT2D eigenvalue weighted by Gasteiger charge is -2.19. The lowest BCUT2D eigenvalue weighted by molar-refractivity contribution is 0.205. The third-order valence-electron chi connectivity index (χ3n) is 3.05. The van der Waals surface area contributed by atoms with Crippen LogP contribution in [0, 0.1) is 11.5 Å². The molecule has 2 saturated heterocycles. The first-order valence-corrected chi connectivity index (χ1v) is 5.50. The molecule has 82 valence electrons. The third-order valence-corrected chi connectivity index (χ3v) is 3.05. The van der Waals surface area contributed by atoms with E-state index in [1.807, 2.05) is 4.90 Å². The van der Waals surface area contributed by atoms with Gasteiger partial charge in [0, 0.05) is 26.2 Å². The highest BCUT2D eigenvalue weighted by atomic mass is 16.2. The standard InChI is InChI=1S/C10H16N4O/c11-8-13-6-3-9(7-13)12-10(15)14-4-1-2-5-14/h9H,1-7H2,(H,12,15). The molecule has 0 saturated carbocycles. The van der Waals surface area contributed by atoms with E-state index >= 15 is 0 Å². The van der Waals surface area contributed by atoms with Crippen molar-refractivity contribution in [3.63, 3.8) is 0 Å². The molecule has 1 atom stereocenters. The van der Waals surface area contributed by atoms with Gasteiger partial charge in [-0.05, 0) is 19.3 Å². The van der Waals surface area contributed by atoms with Gasteiger partial charge in [-0.1, -0.05) is 0 Å². The number of carbonyl (C=O) groups is 1. The zero-order valence-electron chi connectivity index (χ0n) is 8.78. The Morgan fingerprint density at radius 3 is 2.67 bits per heavy atom. The number of hydrogen-bond acceptors (Lipinski definition) is 3. The largest absolute Gasteiger partial charge is 0.333 e. The monoisotopic (exact) mass is 208 g/mol. The van der Waals surface area contributed by atoms with E-state index in [0.29, 0.717) is 6.54 Å². The minimum absolute atomic E-state index is 0.0392. The van der Waals surface area contributed by atoms with Gasteiger partial charge in [-0.3, -0.25) is 0 Å². The molecule has 2 aliphatic rings. The Hall–Kier alpha value is -1.44. The topological polar surface area (TPSA) is 59.4 Å². The minimum Gasteiger partial charge on any atom is -0.333 e. The fraction of sp³-hybridized carbons (Fsp3) is 0.800. The number of carbonyl (C=O) groups excluding carboxylic acids is 1. The molecule has 2 amide bonds. The maximum atomic E-state index is 11.7. The van der Waals surface area contributed by atoms with Crippen LogP contribution in [0.2, 0.25) is 0 Å². The van der Waals surface area contributed by atoms with Crippen LogP contribution in [0.3, 0.4) is 0 Å². The van der Waals surface area contributed by atoms with E-state index in [1.165, 1.54) is 0 Å². The lowest BCUT2D eigenvalue weighted by Crippen LogP contribution is -2.44. The molecule has 0 aromatic carbocycles.